The van der Waals surface area contributed by atoms with Crippen molar-refractivity contribution in [2.75, 3.05) is 6.61 Å². The van der Waals surface area contributed by atoms with Crippen molar-refractivity contribution in [3.8, 4) is 0 Å². The van der Waals surface area contributed by atoms with Crippen molar-refractivity contribution in [1.82, 2.24) is 15.1 Å². The molecular formula is C17H22F3N3O. The largest absolute Gasteiger partial charge is 0.417 e. The lowest BCUT2D eigenvalue weighted by Crippen LogP contribution is -2.21. The number of rotatable bonds is 6. The number of alkyl halides is 3. The molecule has 1 aliphatic carbocycles. The van der Waals surface area contributed by atoms with Gasteiger partial charge in [0, 0.05) is 30.6 Å². The topological polar surface area (TPSA) is 50.1 Å². The average molecular weight is 341 g/mol. The maximum Gasteiger partial charge on any atom is 0.417 e. The van der Waals surface area contributed by atoms with Crippen LogP contribution in [0.2, 0.25) is 0 Å². The molecule has 2 N–H and O–H groups in total. The molecule has 7 heteroatoms. The van der Waals surface area contributed by atoms with Gasteiger partial charge < -0.3 is 10.4 Å². The van der Waals surface area contributed by atoms with Crippen LogP contribution in [0.5, 0.6) is 0 Å². The van der Waals surface area contributed by atoms with E-state index in [2.05, 4.69) is 10.4 Å². The van der Waals surface area contributed by atoms with Gasteiger partial charge in [-0.25, -0.2) is 0 Å². The smallest absolute Gasteiger partial charge is 0.396 e. The molecule has 1 saturated carbocycles. The van der Waals surface area contributed by atoms with Gasteiger partial charge in [-0.05, 0) is 50.8 Å². The van der Waals surface area contributed by atoms with Crippen molar-refractivity contribution < 1.29 is 18.3 Å². The van der Waals surface area contributed by atoms with Gasteiger partial charge in [-0.3, -0.25) is 4.68 Å². The lowest BCUT2D eigenvalue weighted by Gasteiger charge is -2.17. The molecule has 24 heavy (non-hydrogen) atoms. The molecular weight excluding hydrogens is 319 g/mol. The highest BCUT2D eigenvalue weighted by atomic mass is 19.4. The van der Waals surface area contributed by atoms with Gasteiger partial charge in [0.05, 0.1) is 16.8 Å². The van der Waals surface area contributed by atoms with Crippen molar-refractivity contribution in [2.24, 2.45) is 0 Å². The van der Waals surface area contributed by atoms with E-state index < -0.39 is 11.7 Å². The van der Waals surface area contributed by atoms with Gasteiger partial charge in [-0.2, -0.15) is 18.3 Å². The third-order valence-electron chi connectivity index (χ3n) is 4.45. The molecule has 0 saturated heterocycles. The monoisotopic (exact) mass is 341 g/mol. The second-order valence-electron chi connectivity index (χ2n) is 6.51. The summed E-state index contributed by atoms with van der Waals surface area (Å²) in [6.45, 7) is 3.86. The van der Waals surface area contributed by atoms with E-state index in [1.165, 1.54) is 6.07 Å². The standard InChI is InChI=1S/C17H22F3N3O/c1-10(21-13-4-5-13)12-8-14(17(18,19)20)16-11(2)22-23(6-3-7-24)15(16)9-12/h8-10,13,21,24H,3-7H2,1-2H3. The Morgan fingerprint density at radius 1 is 1.38 bits per heavy atom. The number of benzene rings is 1. The van der Waals surface area contributed by atoms with Crippen LogP contribution < -0.4 is 5.32 Å². The molecule has 4 nitrogen and oxygen atoms in total. The Hall–Kier alpha value is -1.60. The third kappa shape index (κ3) is 3.42. The molecule has 1 unspecified atom stereocenters. The fourth-order valence-electron chi connectivity index (χ4n) is 3.08. The summed E-state index contributed by atoms with van der Waals surface area (Å²) in [7, 11) is 0. The first kappa shape index (κ1) is 17.2. The molecule has 0 spiro atoms. The molecule has 2 aromatic rings. The van der Waals surface area contributed by atoms with Crippen LogP contribution in [-0.2, 0) is 12.7 Å². The second-order valence-corrected chi connectivity index (χ2v) is 6.51. The van der Waals surface area contributed by atoms with Crippen LogP contribution in [0.3, 0.4) is 0 Å². The first-order chi connectivity index (χ1) is 11.3. The van der Waals surface area contributed by atoms with Crippen molar-refractivity contribution >= 4 is 10.9 Å². The van der Waals surface area contributed by atoms with Gasteiger partial charge in [0.1, 0.15) is 0 Å². The Morgan fingerprint density at radius 2 is 2.08 bits per heavy atom. The van der Waals surface area contributed by atoms with E-state index in [4.69, 9.17) is 5.11 Å². The van der Waals surface area contributed by atoms with Crippen molar-refractivity contribution in [2.45, 2.75) is 57.9 Å². The van der Waals surface area contributed by atoms with Crippen molar-refractivity contribution in [3.05, 3.63) is 29.0 Å². The Labute approximate surface area is 138 Å². The second kappa shape index (κ2) is 6.37. The molecule has 1 aromatic heterocycles. The summed E-state index contributed by atoms with van der Waals surface area (Å²) in [4.78, 5) is 0. The number of hydrogen-bond acceptors (Lipinski definition) is 3. The third-order valence-corrected chi connectivity index (χ3v) is 4.45. The molecule has 0 aliphatic heterocycles. The summed E-state index contributed by atoms with van der Waals surface area (Å²) in [6.07, 6.45) is -1.82. The summed E-state index contributed by atoms with van der Waals surface area (Å²) in [5.74, 6) is 0. The highest BCUT2D eigenvalue weighted by molar-refractivity contribution is 5.87. The number of aliphatic hydroxyl groups excluding tert-OH is 1. The SMILES string of the molecule is Cc1nn(CCCO)c2cc(C(C)NC3CC3)cc(C(F)(F)F)c12. The first-order valence-electron chi connectivity index (χ1n) is 8.26. The summed E-state index contributed by atoms with van der Waals surface area (Å²) >= 11 is 0. The quantitative estimate of drug-likeness (QED) is 0.845. The van der Waals surface area contributed by atoms with E-state index in [9.17, 15) is 13.2 Å². The van der Waals surface area contributed by atoms with E-state index >= 15 is 0 Å². The van der Waals surface area contributed by atoms with Crippen LogP contribution in [0.1, 0.15) is 49.0 Å². The summed E-state index contributed by atoms with van der Waals surface area (Å²) < 4.78 is 42.3. The van der Waals surface area contributed by atoms with Gasteiger partial charge in [0.2, 0.25) is 0 Å². The highest BCUT2D eigenvalue weighted by Gasteiger charge is 2.35. The maximum absolute atomic E-state index is 13.6. The number of hydrogen-bond donors (Lipinski definition) is 2. The predicted molar refractivity (Wildman–Crippen MR) is 85.7 cm³/mol. The summed E-state index contributed by atoms with van der Waals surface area (Å²) in [5, 5.41) is 16.8. The maximum atomic E-state index is 13.6. The Bertz CT molecular complexity index is 735. The van der Waals surface area contributed by atoms with Gasteiger partial charge in [0.25, 0.3) is 0 Å². The number of fused-ring (bicyclic) bond motifs is 1. The molecule has 0 radical (unpaired) electrons. The van der Waals surface area contributed by atoms with Crippen LogP contribution in [0.4, 0.5) is 13.2 Å². The summed E-state index contributed by atoms with van der Waals surface area (Å²) in [5.41, 5.74) is 0.832. The minimum atomic E-state index is -4.43. The fourth-order valence-corrected chi connectivity index (χ4v) is 3.08. The molecule has 1 heterocycles. The highest BCUT2D eigenvalue weighted by Crippen LogP contribution is 2.38. The van der Waals surface area contributed by atoms with Crippen LogP contribution in [-0.4, -0.2) is 27.5 Å². The zero-order valence-electron chi connectivity index (χ0n) is 13.8. The lowest BCUT2D eigenvalue weighted by molar-refractivity contribution is -0.136. The minimum Gasteiger partial charge on any atom is -0.396 e. The average Bonchev–Trinajstić information content (AvgIpc) is 3.27. The number of nitrogens with one attached hydrogen (secondary N) is 1. The van der Waals surface area contributed by atoms with Gasteiger partial charge in [0.15, 0.2) is 0 Å². The van der Waals surface area contributed by atoms with E-state index in [0.717, 1.165) is 12.8 Å². The normalized spacial score (nSPS) is 16.8. The zero-order chi connectivity index (χ0) is 17.5. The van der Waals surface area contributed by atoms with Gasteiger partial charge in [-0.1, -0.05) is 0 Å². The molecule has 1 aliphatic rings. The van der Waals surface area contributed by atoms with Crippen LogP contribution in [0.15, 0.2) is 12.1 Å². The van der Waals surface area contributed by atoms with Crippen LogP contribution in [0, 0.1) is 6.92 Å². The minimum absolute atomic E-state index is 0.0220. The molecule has 1 aromatic carbocycles. The molecule has 1 atom stereocenters. The van der Waals surface area contributed by atoms with Crippen LogP contribution >= 0.6 is 0 Å². The van der Waals surface area contributed by atoms with E-state index in [0.29, 0.717) is 35.8 Å². The number of halogens is 3. The van der Waals surface area contributed by atoms with Crippen LogP contribution in [0.25, 0.3) is 10.9 Å². The van der Waals surface area contributed by atoms with Gasteiger partial charge in [-0.15, -0.1) is 0 Å². The molecule has 0 amide bonds. The molecule has 3 rings (SSSR count). The number of aliphatic hydroxyl groups is 1. The molecule has 0 bridgehead atoms. The van der Waals surface area contributed by atoms with Crippen molar-refractivity contribution in [1.29, 1.82) is 0 Å². The van der Waals surface area contributed by atoms with E-state index in [1.807, 2.05) is 6.92 Å². The van der Waals surface area contributed by atoms with Crippen molar-refractivity contribution in [3.63, 3.8) is 0 Å². The predicted octanol–water partition coefficient (Wildman–Crippen LogP) is 3.56. The Balaban J connectivity index is 2.12. The number of nitrogens with zero attached hydrogens (tertiary/aromatic N) is 2. The fraction of sp³-hybridized carbons (Fsp3) is 0.588. The van der Waals surface area contributed by atoms with E-state index in [-0.39, 0.29) is 18.0 Å². The molecule has 132 valence electrons. The Morgan fingerprint density at radius 3 is 2.67 bits per heavy atom. The number of aryl methyl sites for hydroxylation is 2. The molecule has 1 fully saturated rings. The zero-order valence-corrected chi connectivity index (χ0v) is 13.8. The summed E-state index contributed by atoms with van der Waals surface area (Å²) in [6, 6.07) is 3.30. The number of aromatic nitrogens is 2. The van der Waals surface area contributed by atoms with Gasteiger partial charge >= 0.3 is 6.18 Å². The first-order valence-corrected chi connectivity index (χ1v) is 8.26. The lowest BCUT2D eigenvalue weighted by atomic mass is 9.99. The Kier molecular flexibility index (Phi) is 4.57. The van der Waals surface area contributed by atoms with E-state index in [1.54, 1.807) is 17.7 Å².